The fourth-order valence-corrected chi connectivity index (χ4v) is 1.31. The van der Waals surface area contributed by atoms with Crippen LogP contribution in [0.3, 0.4) is 0 Å². The maximum absolute atomic E-state index is 13.4. The smallest absolute Gasteiger partial charge is 0.126 e. The summed E-state index contributed by atoms with van der Waals surface area (Å²) in [6, 6.07) is 3.62. The largest absolute Gasteiger partial charge is 0.207 e. The molecule has 0 radical (unpaired) electrons. The lowest BCUT2D eigenvalue weighted by molar-refractivity contribution is 0.330. The van der Waals surface area contributed by atoms with Gasteiger partial charge in [0, 0.05) is 0 Å². The molecule has 0 aliphatic heterocycles. The molecular weight excluding hydrogens is 182 g/mol. The molecule has 0 aliphatic carbocycles. The highest BCUT2D eigenvalue weighted by atomic mass is 19.1. The second-order valence-corrected chi connectivity index (χ2v) is 4.75. The van der Waals surface area contributed by atoms with Gasteiger partial charge in [-0.1, -0.05) is 27.7 Å². The molecule has 0 N–H and O–H groups in total. The summed E-state index contributed by atoms with van der Waals surface area (Å²) in [6.07, 6.45) is 0. The van der Waals surface area contributed by atoms with Gasteiger partial charge in [-0.2, -0.15) is 0 Å². The highest BCUT2D eigenvalue weighted by Gasteiger charge is 2.24. The van der Waals surface area contributed by atoms with Gasteiger partial charge < -0.3 is 0 Å². The Balaban J connectivity index is 3.12. The van der Waals surface area contributed by atoms with E-state index in [0.29, 0.717) is 5.56 Å². The van der Waals surface area contributed by atoms with Crippen LogP contribution >= 0.6 is 0 Å². The molecule has 0 fully saturated rings. The predicted octanol–water partition coefficient (Wildman–Crippen LogP) is 4.11. The summed E-state index contributed by atoms with van der Waals surface area (Å²) in [6.45, 7) is 7.96. The molecule has 0 unspecified atom stereocenters. The van der Waals surface area contributed by atoms with Gasteiger partial charge in [0.25, 0.3) is 0 Å². The summed E-state index contributed by atoms with van der Waals surface area (Å²) in [5.74, 6) is -0.704. The van der Waals surface area contributed by atoms with Gasteiger partial charge in [0.15, 0.2) is 0 Å². The number of hydrogen-bond donors (Lipinski definition) is 0. The Labute approximate surface area is 84.0 Å². The molecule has 0 aliphatic rings. The Bertz CT molecular complexity index is 324. The summed E-state index contributed by atoms with van der Waals surface area (Å²) in [5.41, 5.74) is 0.395. The predicted molar refractivity (Wildman–Crippen MR) is 54.2 cm³/mol. The molecule has 0 saturated heterocycles. The van der Waals surface area contributed by atoms with Gasteiger partial charge in [-0.3, -0.25) is 0 Å². The zero-order chi connectivity index (χ0) is 10.9. The second kappa shape index (κ2) is 3.68. The molecule has 0 saturated carbocycles. The molecule has 0 amide bonds. The lowest BCUT2D eigenvalue weighted by Gasteiger charge is -2.27. The highest BCUT2D eigenvalue weighted by Crippen LogP contribution is 2.35. The number of benzene rings is 1. The van der Waals surface area contributed by atoms with Crippen LogP contribution in [-0.4, -0.2) is 0 Å². The van der Waals surface area contributed by atoms with E-state index in [-0.39, 0.29) is 23.0 Å². The Hall–Kier alpha value is -0.920. The van der Waals surface area contributed by atoms with Crippen molar-refractivity contribution in [2.75, 3.05) is 0 Å². The summed E-state index contributed by atoms with van der Waals surface area (Å²) < 4.78 is 26.3. The fourth-order valence-electron chi connectivity index (χ4n) is 1.31. The van der Waals surface area contributed by atoms with E-state index in [1.807, 2.05) is 27.7 Å². The van der Waals surface area contributed by atoms with E-state index in [1.54, 1.807) is 0 Å². The van der Waals surface area contributed by atoms with E-state index in [4.69, 9.17) is 0 Å². The minimum atomic E-state index is -0.377. The van der Waals surface area contributed by atoms with Crippen LogP contribution in [0.15, 0.2) is 18.2 Å². The lowest BCUT2D eigenvalue weighted by atomic mass is 9.77. The molecule has 1 aromatic carbocycles. The van der Waals surface area contributed by atoms with Crippen LogP contribution in [0.2, 0.25) is 0 Å². The molecular formula is C12H16F2. The Morgan fingerprint density at radius 2 is 1.71 bits per heavy atom. The van der Waals surface area contributed by atoms with Gasteiger partial charge in [0.1, 0.15) is 11.6 Å². The first-order valence-electron chi connectivity index (χ1n) is 4.77. The van der Waals surface area contributed by atoms with Gasteiger partial charge in [0.2, 0.25) is 0 Å². The standard InChI is InChI=1S/C12H16F2/c1-8(12(2,3)4)10-7-9(13)5-6-11(10)14/h5-8H,1-4H3/t8-/m1/s1. The first-order chi connectivity index (χ1) is 6.32. The zero-order valence-corrected chi connectivity index (χ0v) is 9.07. The number of hydrogen-bond acceptors (Lipinski definition) is 0. The van der Waals surface area contributed by atoms with Crippen molar-refractivity contribution < 1.29 is 8.78 Å². The molecule has 0 spiro atoms. The van der Waals surface area contributed by atoms with Crippen molar-refractivity contribution in [1.82, 2.24) is 0 Å². The molecule has 14 heavy (non-hydrogen) atoms. The fraction of sp³-hybridized carbons (Fsp3) is 0.500. The highest BCUT2D eigenvalue weighted by molar-refractivity contribution is 5.23. The van der Waals surface area contributed by atoms with Gasteiger partial charge in [-0.05, 0) is 35.1 Å². The normalized spacial score (nSPS) is 14.1. The second-order valence-electron chi connectivity index (χ2n) is 4.75. The van der Waals surface area contributed by atoms with Gasteiger partial charge in [-0.15, -0.1) is 0 Å². The van der Waals surface area contributed by atoms with Crippen LogP contribution in [0.5, 0.6) is 0 Å². The average Bonchev–Trinajstić information content (AvgIpc) is 2.06. The van der Waals surface area contributed by atoms with Crippen molar-refractivity contribution in [2.24, 2.45) is 5.41 Å². The average molecular weight is 198 g/mol. The van der Waals surface area contributed by atoms with E-state index in [0.717, 1.165) is 6.07 Å². The van der Waals surface area contributed by atoms with Crippen molar-refractivity contribution in [1.29, 1.82) is 0 Å². The maximum Gasteiger partial charge on any atom is 0.126 e. The zero-order valence-electron chi connectivity index (χ0n) is 9.07. The molecule has 78 valence electrons. The molecule has 1 aromatic rings. The minimum absolute atomic E-state index is 0.00167. The van der Waals surface area contributed by atoms with Crippen LogP contribution in [-0.2, 0) is 0 Å². The van der Waals surface area contributed by atoms with Crippen LogP contribution < -0.4 is 0 Å². The third-order valence-electron chi connectivity index (χ3n) is 2.72. The SMILES string of the molecule is C[C@H](c1cc(F)ccc1F)C(C)(C)C. The number of rotatable bonds is 1. The minimum Gasteiger partial charge on any atom is -0.207 e. The topological polar surface area (TPSA) is 0 Å². The van der Waals surface area contributed by atoms with Gasteiger partial charge >= 0.3 is 0 Å². The summed E-state index contributed by atoms with van der Waals surface area (Å²) >= 11 is 0. The molecule has 0 nitrogen and oxygen atoms in total. The van der Waals surface area contributed by atoms with Crippen LogP contribution in [0, 0.1) is 17.0 Å². The molecule has 1 rings (SSSR count). The van der Waals surface area contributed by atoms with Crippen LogP contribution in [0.4, 0.5) is 8.78 Å². The van der Waals surface area contributed by atoms with E-state index in [9.17, 15) is 8.78 Å². The number of halogens is 2. The van der Waals surface area contributed by atoms with Crippen molar-refractivity contribution >= 4 is 0 Å². The molecule has 1 atom stereocenters. The third kappa shape index (κ3) is 2.31. The Morgan fingerprint density at radius 1 is 1.14 bits per heavy atom. The van der Waals surface area contributed by atoms with E-state index in [2.05, 4.69) is 0 Å². The quantitative estimate of drug-likeness (QED) is 0.637. The molecule has 0 aromatic heterocycles. The lowest BCUT2D eigenvalue weighted by Crippen LogP contribution is -2.16. The van der Waals surface area contributed by atoms with E-state index in [1.165, 1.54) is 12.1 Å². The Morgan fingerprint density at radius 3 is 2.21 bits per heavy atom. The van der Waals surface area contributed by atoms with Gasteiger partial charge in [-0.25, -0.2) is 8.78 Å². The van der Waals surface area contributed by atoms with Crippen LogP contribution in [0.1, 0.15) is 39.2 Å². The van der Waals surface area contributed by atoms with Crippen molar-refractivity contribution in [3.05, 3.63) is 35.4 Å². The summed E-state index contributed by atoms with van der Waals surface area (Å²) in [5, 5.41) is 0. The third-order valence-corrected chi connectivity index (χ3v) is 2.72. The Kier molecular flexibility index (Phi) is 2.93. The van der Waals surface area contributed by atoms with E-state index >= 15 is 0 Å². The summed E-state index contributed by atoms with van der Waals surface area (Å²) in [4.78, 5) is 0. The maximum atomic E-state index is 13.4. The van der Waals surface area contributed by atoms with Gasteiger partial charge in [0.05, 0.1) is 0 Å². The molecule has 2 heteroatoms. The van der Waals surface area contributed by atoms with E-state index < -0.39 is 0 Å². The van der Waals surface area contributed by atoms with Crippen LogP contribution in [0.25, 0.3) is 0 Å². The molecule has 0 heterocycles. The first-order valence-corrected chi connectivity index (χ1v) is 4.77. The summed E-state index contributed by atoms with van der Waals surface area (Å²) in [7, 11) is 0. The molecule has 0 bridgehead atoms. The van der Waals surface area contributed by atoms with Crippen molar-refractivity contribution in [3.8, 4) is 0 Å². The monoisotopic (exact) mass is 198 g/mol. The van der Waals surface area contributed by atoms with Crippen molar-refractivity contribution in [2.45, 2.75) is 33.6 Å². The van der Waals surface area contributed by atoms with Crippen molar-refractivity contribution in [3.63, 3.8) is 0 Å². The first kappa shape index (κ1) is 11.2.